The molecule has 0 bridgehead atoms. The summed E-state index contributed by atoms with van der Waals surface area (Å²) in [4.78, 5) is 23.0. The molecule has 0 saturated carbocycles. The van der Waals surface area contributed by atoms with Gasteiger partial charge in [0.15, 0.2) is 0 Å². The molecular weight excluding hydrogens is 876 g/mol. The summed E-state index contributed by atoms with van der Waals surface area (Å²) in [6.45, 7) is 5.04. The summed E-state index contributed by atoms with van der Waals surface area (Å²) in [6, 6.07) is 12.1. The summed E-state index contributed by atoms with van der Waals surface area (Å²) >= 11 is 0. The smallest absolute Gasteiger partial charge is 0.322 e. The third-order valence-corrected chi connectivity index (χ3v) is 15.5. The van der Waals surface area contributed by atoms with Gasteiger partial charge in [0, 0.05) is 32.6 Å². The molecule has 0 amide bonds. The Morgan fingerprint density at radius 2 is 0.763 bits per heavy atom. The van der Waals surface area contributed by atoms with Crippen molar-refractivity contribution in [1.82, 2.24) is 8.61 Å². The first kappa shape index (κ1) is 53.0. The Morgan fingerprint density at radius 1 is 0.492 bits per heavy atom. The summed E-state index contributed by atoms with van der Waals surface area (Å²) in [5.41, 5.74) is 2.28. The molecule has 0 aromatic heterocycles. The molecule has 337 valence electrons. The molecular formula is C46H74N2O8RhS2. The van der Waals surface area contributed by atoms with Gasteiger partial charge in [0.2, 0.25) is 20.0 Å². The van der Waals surface area contributed by atoms with Gasteiger partial charge in [-0.3, -0.25) is 9.59 Å². The van der Waals surface area contributed by atoms with E-state index in [4.69, 9.17) is 0 Å². The SMILES string of the molecule is CCCCCCCCCCCCc1ccc(S(=O)(=O)N2CCC[C@H]2C(=O)O)cc1.CCCCCCCCCCCCc1ccc(S(=O)(=O)N2CCC[C@H]2C(=O)O)cc1.[Rh]. The van der Waals surface area contributed by atoms with E-state index in [0.29, 0.717) is 25.7 Å². The molecule has 2 aliphatic heterocycles. The minimum Gasteiger partial charge on any atom is -0.480 e. The summed E-state index contributed by atoms with van der Waals surface area (Å²) < 4.78 is 53.3. The van der Waals surface area contributed by atoms with Crippen LogP contribution in [0.25, 0.3) is 0 Å². The fourth-order valence-electron chi connectivity index (χ4n) is 8.11. The van der Waals surface area contributed by atoms with E-state index >= 15 is 0 Å². The third kappa shape index (κ3) is 18.4. The predicted octanol–water partition coefficient (Wildman–Crippen LogP) is 10.8. The van der Waals surface area contributed by atoms with E-state index < -0.39 is 44.1 Å². The molecule has 10 nitrogen and oxygen atoms in total. The van der Waals surface area contributed by atoms with Crippen molar-refractivity contribution in [3.05, 3.63) is 59.7 Å². The average Bonchev–Trinajstić information content (AvgIpc) is 3.93. The molecule has 4 rings (SSSR count). The van der Waals surface area contributed by atoms with Crippen LogP contribution in [0.15, 0.2) is 58.3 Å². The topological polar surface area (TPSA) is 149 Å². The van der Waals surface area contributed by atoms with E-state index in [-0.39, 0.29) is 42.4 Å². The van der Waals surface area contributed by atoms with Crippen LogP contribution in [-0.2, 0) is 62.0 Å². The number of aliphatic carboxylic acids is 2. The van der Waals surface area contributed by atoms with Gasteiger partial charge in [0.05, 0.1) is 9.79 Å². The molecule has 0 aliphatic carbocycles. The van der Waals surface area contributed by atoms with Gasteiger partial charge in [0.1, 0.15) is 12.1 Å². The fraction of sp³-hybridized carbons (Fsp3) is 0.696. The van der Waals surface area contributed by atoms with E-state index in [2.05, 4.69) is 13.8 Å². The Morgan fingerprint density at radius 3 is 1.03 bits per heavy atom. The second-order valence-corrected chi connectivity index (χ2v) is 20.2. The number of rotatable bonds is 28. The maximum atomic E-state index is 12.8. The van der Waals surface area contributed by atoms with E-state index in [9.17, 15) is 36.6 Å². The van der Waals surface area contributed by atoms with Crippen LogP contribution in [0.5, 0.6) is 0 Å². The maximum absolute atomic E-state index is 12.8. The summed E-state index contributed by atoms with van der Waals surface area (Å²) in [6.07, 6.45) is 29.9. The monoisotopic (exact) mass is 949 g/mol. The molecule has 2 N–H and O–H groups in total. The summed E-state index contributed by atoms with van der Waals surface area (Å²) in [7, 11) is -7.48. The number of hydrogen-bond acceptors (Lipinski definition) is 6. The van der Waals surface area contributed by atoms with Gasteiger partial charge < -0.3 is 10.2 Å². The molecule has 1 radical (unpaired) electrons. The van der Waals surface area contributed by atoms with Crippen LogP contribution in [0, 0.1) is 0 Å². The number of nitrogens with zero attached hydrogens (tertiary/aromatic N) is 2. The summed E-state index contributed by atoms with van der Waals surface area (Å²) in [5.74, 6) is -2.13. The van der Waals surface area contributed by atoms with Gasteiger partial charge >= 0.3 is 11.9 Å². The van der Waals surface area contributed by atoms with Crippen molar-refractivity contribution in [3.8, 4) is 0 Å². The minimum absolute atomic E-state index is 0. The zero-order valence-electron chi connectivity index (χ0n) is 36.0. The van der Waals surface area contributed by atoms with Gasteiger partial charge in [-0.05, 0) is 86.8 Å². The first-order valence-electron chi connectivity index (χ1n) is 22.6. The Hall–Kier alpha value is -2.18. The number of carboxylic acids is 2. The predicted molar refractivity (Wildman–Crippen MR) is 233 cm³/mol. The summed E-state index contributed by atoms with van der Waals surface area (Å²) in [5, 5.41) is 18.5. The molecule has 13 heteroatoms. The third-order valence-electron chi connectivity index (χ3n) is 11.7. The quantitative estimate of drug-likeness (QED) is 0.0632. The van der Waals surface area contributed by atoms with Gasteiger partial charge in [-0.1, -0.05) is 154 Å². The molecule has 2 saturated heterocycles. The standard InChI is InChI=1S/2C23H37NO4S.Rh/c2*1-2-3-4-5-6-7-8-9-10-11-13-20-15-17-21(18-16-20)29(27,28)24-19-12-14-22(24)23(25)26;/h2*15-18,22H,2-14,19H2,1H3,(H,25,26);/t2*22-;/m00./s1. The number of carbonyl (C=O) groups is 2. The Balaban J connectivity index is 0.000000400. The number of sulfonamides is 2. The van der Waals surface area contributed by atoms with Crippen molar-refractivity contribution in [2.45, 2.75) is 203 Å². The van der Waals surface area contributed by atoms with Crippen molar-refractivity contribution in [1.29, 1.82) is 0 Å². The molecule has 0 unspecified atom stereocenters. The number of unbranched alkanes of at least 4 members (excludes halogenated alkanes) is 18. The number of carboxylic acid groups (broad SMARTS) is 2. The maximum Gasteiger partial charge on any atom is 0.322 e. The van der Waals surface area contributed by atoms with E-state index in [1.165, 1.54) is 116 Å². The second kappa shape index (κ2) is 29.2. The van der Waals surface area contributed by atoms with Gasteiger partial charge in [-0.15, -0.1) is 0 Å². The Kier molecular flexibility index (Phi) is 26.2. The van der Waals surface area contributed by atoms with Crippen molar-refractivity contribution in [2.75, 3.05) is 13.1 Å². The number of hydrogen-bond donors (Lipinski definition) is 2. The van der Waals surface area contributed by atoms with Gasteiger partial charge in [0.25, 0.3) is 0 Å². The normalized spacial score (nSPS) is 17.3. The molecule has 2 aliphatic rings. The largest absolute Gasteiger partial charge is 0.480 e. The zero-order valence-corrected chi connectivity index (χ0v) is 39.2. The fourth-order valence-corrected chi connectivity index (χ4v) is 11.4. The van der Waals surface area contributed by atoms with Crippen LogP contribution >= 0.6 is 0 Å². The van der Waals surface area contributed by atoms with Crippen LogP contribution in [-0.4, -0.2) is 72.8 Å². The van der Waals surface area contributed by atoms with Crippen molar-refractivity contribution < 1.29 is 56.1 Å². The number of aryl methyl sites for hydroxylation is 2. The minimum atomic E-state index is -3.74. The zero-order chi connectivity index (χ0) is 42.2. The van der Waals surface area contributed by atoms with E-state index in [0.717, 1.165) is 45.4 Å². The first-order valence-corrected chi connectivity index (χ1v) is 25.5. The number of benzene rings is 2. The molecule has 2 aromatic rings. The van der Waals surface area contributed by atoms with Crippen molar-refractivity contribution >= 4 is 32.0 Å². The van der Waals surface area contributed by atoms with Crippen LogP contribution in [0.2, 0.25) is 0 Å². The average molecular weight is 950 g/mol. The van der Waals surface area contributed by atoms with Crippen molar-refractivity contribution in [3.63, 3.8) is 0 Å². The van der Waals surface area contributed by atoms with Crippen LogP contribution in [0.1, 0.15) is 179 Å². The Labute approximate surface area is 370 Å². The van der Waals surface area contributed by atoms with Crippen molar-refractivity contribution in [2.24, 2.45) is 0 Å². The van der Waals surface area contributed by atoms with Crippen LogP contribution < -0.4 is 0 Å². The van der Waals surface area contributed by atoms with Gasteiger partial charge in [-0.25, -0.2) is 16.8 Å². The first-order chi connectivity index (χ1) is 27.9. The second-order valence-electron chi connectivity index (χ2n) is 16.4. The van der Waals surface area contributed by atoms with Crippen LogP contribution in [0.4, 0.5) is 0 Å². The van der Waals surface area contributed by atoms with E-state index in [1.807, 2.05) is 24.3 Å². The Bertz CT molecular complexity index is 1560. The molecule has 2 atom stereocenters. The molecule has 2 fully saturated rings. The molecule has 59 heavy (non-hydrogen) atoms. The molecule has 2 heterocycles. The van der Waals surface area contributed by atoms with Crippen LogP contribution in [0.3, 0.4) is 0 Å². The molecule has 2 aromatic carbocycles. The van der Waals surface area contributed by atoms with E-state index in [1.54, 1.807) is 24.3 Å². The molecule has 0 spiro atoms. The van der Waals surface area contributed by atoms with Gasteiger partial charge in [-0.2, -0.15) is 8.61 Å².